The number of carboxylic acid groups (broad SMARTS) is 1. The number of aromatic nitrogens is 3. The van der Waals surface area contributed by atoms with Gasteiger partial charge >= 0.3 is 5.97 Å². The van der Waals surface area contributed by atoms with Crippen LogP contribution in [0, 0.1) is 6.92 Å². The first-order valence-electron chi connectivity index (χ1n) is 5.85. The van der Waals surface area contributed by atoms with Crippen LogP contribution >= 0.6 is 27.7 Å². The van der Waals surface area contributed by atoms with E-state index in [0.29, 0.717) is 22.3 Å². The largest absolute Gasteiger partial charge is 0.496 e. The van der Waals surface area contributed by atoms with Crippen molar-refractivity contribution < 1.29 is 14.6 Å². The van der Waals surface area contributed by atoms with Gasteiger partial charge in [0.1, 0.15) is 16.5 Å². The first kappa shape index (κ1) is 15.6. The fourth-order valence-corrected chi connectivity index (χ4v) is 2.68. The molecule has 0 amide bonds. The minimum atomic E-state index is -1.05. The summed E-state index contributed by atoms with van der Waals surface area (Å²) in [5.41, 5.74) is 0.657. The Morgan fingerprint density at radius 3 is 2.86 bits per heavy atom. The van der Waals surface area contributed by atoms with Gasteiger partial charge in [-0.3, -0.25) is 5.10 Å². The highest BCUT2D eigenvalue weighted by Gasteiger charge is 2.14. The predicted octanol–water partition coefficient (Wildman–Crippen LogP) is 3.10. The molecule has 1 aromatic carbocycles. The number of carboxylic acids is 1. The van der Waals surface area contributed by atoms with Crippen LogP contribution in [0.5, 0.6) is 5.75 Å². The van der Waals surface area contributed by atoms with Gasteiger partial charge < -0.3 is 9.84 Å². The number of aliphatic carboxylic acids is 1. The summed E-state index contributed by atoms with van der Waals surface area (Å²) in [7, 11) is 1.53. The van der Waals surface area contributed by atoms with Crippen LogP contribution in [0.3, 0.4) is 0 Å². The molecule has 2 aromatic rings. The van der Waals surface area contributed by atoms with Crippen molar-refractivity contribution in [1.29, 1.82) is 0 Å². The second-order valence-corrected chi connectivity index (χ2v) is 5.93. The number of methoxy groups -OCH3 is 1. The molecular weight excluding hydrogens is 358 g/mol. The van der Waals surface area contributed by atoms with Gasteiger partial charge in [0.2, 0.25) is 5.16 Å². The van der Waals surface area contributed by atoms with Crippen LogP contribution in [0.25, 0.3) is 6.08 Å². The van der Waals surface area contributed by atoms with Crippen molar-refractivity contribution in [3.8, 4) is 5.75 Å². The number of nitrogens with one attached hydrogen (secondary N) is 1. The summed E-state index contributed by atoms with van der Waals surface area (Å²) in [6.07, 6.45) is 1.53. The van der Waals surface area contributed by atoms with Gasteiger partial charge in [-0.15, -0.1) is 5.10 Å². The fourth-order valence-electron chi connectivity index (χ4n) is 1.56. The van der Waals surface area contributed by atoms with Gasteiger partial charge in [-0.1, -0.05) is 15.9 Å². The van der Waals surface area contributed by atoms with E-state index in [9.17, 15) is 9.90 Å². The Morgan fingerprint density at radius 2 is 2.29 bits per heavy atom. The van der Waals surface area contributed by atoms with E-state index in [0.717, 1.165) is 16.2 Å². The third-order valence-corrected chi connectivity index (χ3v) is 3.84. The maximum absolute atomic E-state index is 11.4. The molecule has 0 aliphatic heterocycles. The highest BCUT2D eigenvalue weighted by molar-refractivity contribution is 9.10. The molecule has 0 spiro atoms. The molecule has 2 rings (SSSR count). The van der Waals surface area contributed by atoms with E-state index < -0.39 is 5.97 Å². The molecule has 1 aromatic heterocycles. The molecular formula is C13H12BrN3O3S. The number of rotatable bonds is 5. The lowest BCUT2D eigenvalue weighted by atomic mass is 10.2. The van der Waals surface area contributed by atoms with E-state index in [1.807, 2.05) is 6.07 Å². The lowest BCUT2D eigenvalue weighted by Gasteiger charge is -2.06. The number of aryl methyl sites for hydroxylation is 1. The van der Waals surface area contributed by atoms with Crippen molar-refractivity contribution in [1.82, 2.24) is 15.2 Å². The summed E-state index contributed by atoms with van der Waals surface area (Å²) in [6, 6.07) is 5.37. The van der Waals surface area contributed by atoms with Gasteiger partial charge in [0.15, 0.2) is 0 Å². The average molecular weight is 370 g/mol. The van der Waals surface area contributed by atoms with Gasteiger partial charge in [-0.25, -0.2) is 9.78 Å². The molecule has 110 valence electrons. The summed E-state index contributed by atoms with van der Waals surface area (Å²) in [5, 5.41) is 16.3. The summed E-state index contributed by atoms with van der Waals surface area (Å²) < 4.78 is 6.06. The normalized spacial score (nSPS) is 11.5. The highest BCUT2D eigenvalue weighted by atomic mass is 79.9. The van der Waals surface area contributed by atoms with Crippen LogP contribution < -0.4 is 4.74 Å². The molecule has 8 heteroatoms. The number of benzene rings is 1. The predicted molar refractivity (Wildman–Crippen MR) is 83.3 cm³/mol. The van der Waals surface area contributed by atoms with Crippen LogP contribution in [0.2, 0.25) is 0 Å². The number of aromatic amines is 1. The zero-order valence-corrected chi connectivity index (χ0v) is 13.7. The Labute approximate surface area is 133 Å². The SMILES string of the molecule is COc1ccc(Br)cc1/C=C(/Sc1n[nH]c(C)n1)C(=O)O. The highest BCUT2D eigenvalue weighted by Crippen LogP contribution is 2.30. The monoisotopic (exact) mass is 369 g/mol. The van der Waals surface area contributed by atoms with Crippen molar-refractivity contribution in [3.05, 3.63) is 39.0 Å². The minimum Gasteiger partial charge on any atom is -0.496 e. The van der Waals surface area contributed by atoms with Crippen molar-refractivity contribution in [3.63, 3.8) is 0 Å². The van der Waals surface area contributed by atoms with Crippen molar-refractivity contribution in [2.75, 3.05) is 7.11 Å². The van der Waals surface area contributed by atoms with Crippen molar-refractivity contribution in [2.24, 2.45) is 0 Å². The molecule has 0 unspecified atom stereocenters. The zero-order valence-electron chi connectivity index (χ0n) is 11.3. The molecule has 2 N–H and O–H groups in total. The second kappa shape index (κ2) is 6.77. The summed E-state index contributed by atoms with van der Waals surface area (Å²) in [5.74, 6) is 0.162. The van der Waals surface area contributed by atoms with E-state index >= 15 is 0 Å². The van der Waals surface area contributed by atoms with Crippen LogP contribution in [0.1, 0.15) is 11.4 Å². The van der Waals surface area contributed by atoms with Gasteiger partial charge in [0.05, 0.1) is 7.11 Å². The summed E-state index contributed by atoms with van der Waals surface area (Å²) in [4.78, 5) is 15.6. The standard InChI is InChI=1S/C13H12BrN3O3S/c1-7-15-13(17-16-7)21-11(12(18)19)6-8-5-9(14)3-4-10(8)20-2/h3-6H,1-2H3,(H,18,19)(H,15,16,17)/b11-6+. The lowest BCUT2D eigenvalue weighted by molar-refractivity contribution is -0.131. The molecule has 0 aliphatic carbocycles. The molecule has 0 radical (unpaired) electrons. The molecule has 0 saturated heterocycles. The molecule has 21 heavy (non-hydrogen) atoms. The maximum atomic E-state index is 11.4. The van der Waals surface area contributed by atoms with Crippen LogP contribution in [-0.2, 0) is 4.79 Å². The number of ether oxygens (including phenoxy) is 1. The Kier molecular flexibility index (Phi) is 5.03. The minimum absolute atomic E-state index is 0.102. The number of carbonyl (C=O) groups is 1. The quantitative estimate of drug-likeness (QED) is 0.621. The third kappa shape index (κ3) is 4.08. The van der Waals surface area contributed by atoms with Gasteiger partial charge in [-0.2, -0.15) is 0 Å². The number of nitrogens with zero attached hydrogens (tertiary/aromatic N) is 2. The molecule has 1 heterocycles. The smallest absolute Gasteiger partial charge is 0.342 e. The molecule has 0 bridgehead atoms. The van der Waals surface area contributed by atoms with Gasteiger partial charge in [-0.05, 0) is 43.0 Å². The average Bonchev–Trinajstić information content (AvgIpc) is 2.83. The van der Waals surface area contributed by atoms with Crippen LogP contribution in [-0.4, -0.2) is 33.4 Å². The zero-order chi connectivity index (χ0) is 15.4. The van der Waals surface area contributed by atoms with E-state index in [2.05, 4.69) is 31.1 Å². The van der Waals surface area contributed by atoms with E-state index in [1.54, 1.807) is 19.1 Å². The van der Waals surface area contributed by atoms with Crippen LogP contribution in [0.15, 0.2) is 32.7 Å². The topological polar surface area (TPSA) is 88.1 Å². The van der Waals surface area contributed by atoms with Gasteiger partial charge in [0.25, 0.3) is 0 Å². The second-order valence-electron chi connectivity index (χ2n) is 4.01. The Balaban J connectivity index is 2.37. The maximum Gasteiger partial charge on any atom is 0.342 e. The molecule has 0 saturated carbocycles. The lowest BCUT2D eigenvalue weighted by Crippen LogP contribution is -1.98. The number of thioether (sulfide) groups is 1. The fraction of sp³-hybridized carbons (Fsp3) is 0.154. The summed E-state index contributed by atoms with van der Waals surface area (Å²) in [6.45, 7) is 1.75. The first-order valence-corrected chi connectivity index (χ1v) is 7.46. The molecule has 0 fully saturated rings. The molecule has 0 aliphatic rings. The van der Waals surface area contributed by atoms with Crippen molar-refractivity contribution in [2.45, 2.75) is 12.1 Å². The van der Waals surface area contributed by atoms with Crippen molar-refractivity contribution >= 4 is 39.7 Å². The Bertz CT molecular complexity index is 700. The number of H-pyrrole nitrogens is 1. The number of hydrogen-bond donors (Lipinski definition) is 2. The third-order valence-electron chi connectivity index (χ3n) is 2.47. The van der Waals surface area contributed by atoms with Crippen LogP contribution in [0.4, 0.5) is 0 Å². The molecule has 0 atom stereocenters. The van der Waals surface area contributed by atoms with E-state index in [4.69, 9.17) is 4.74 Å². The molecule has 6 nitrogen and oxygen atoms in total. The van der Waals surface area contributed by atoms with Gasteiger partial charge in [0, 0.05) is 10.0 Å². The number of hydrogen-bond acceptors (Lipinski definition) is 5. The first-order chi connectivity index (χ1) is 9.99. The van der Waals surface area contributed by atoms with E-state index in [-0.39, 0.29) is 4.91 Å². The van der Waals surface area contributed by atoms with E-state index in [1.165, 1.54) is 13.2 Å². The Hall–Kier alpha value is -1.80. The Morgan fingerprint density at radius 1 is 1.52 bits per heavy atom. The summed E-state index contributed by atoms with van der Waals surface area (Å²) >= 11 is 4.33. The number of halogens is 1.